The lowest BCUT2D eigenvalue weighted by Gasteiger charge is -2.14. The Hall–Kier alpha value is -0.300. The molecule has 0 aliphatic carbocycles. The molecule has 1 heterocycles. The van der Waals surface area contributed by atoms with Gasteiger partial charge in [0, 0.05) is 21.7 Å². The summed E-state index contributed by atoms with van der Waals surface area (Å²) in [5.41, 5.74) is 7.41. The first kappa shape index (κ1) is 16.1. The third-order valence-electron chi connectivity index (χ3n) is 2.85. The zero-order chi connectivity index (χ0) is 14.5. The van der Waals surface area contributed by atoms with Gasteiger partial charge in [-0.05, 0) is 40.5 Å². The van der Waals surface area contributed by atoms with Crippen molar-refractivity contribution in [1.29, 1.82) is 0 Å². The van der Waals surface area contributed by atoms with Gasteiger partial charge in [-0.2, -0.15) is 5.10 Å². The minimum absolute atomic E-state index is 0.0394. The second kappa shape index (κ2) is 7.64. The average Bonchev–Trinajstić information content (AvgIpc) is 2.78. The van der Waals surface area contributed by atoms with E-state index in [4.69, 9.17) is 5.73 Å². The fourth-order valence-corrected chi connectivity index (χ4v) is 4.01. The molecular formula is C14H17Br2N3S. The summed E-state index contributed by atoms with van der Waals surface area (Å²) in [6, 6.07) is 8.23. The summed E-state index contributed by atoms with van der Waals surface area (Å²) in [4.78, 5) is 1.22. The van der Waals surface area contributed by atoms with Gasteiger partial charge in [-0.15, -0.1) is 11.8 Å². The number of nitrogens with two attached hydrogens (primary N) is 1. The fourth-order valence-electron chi connectivity index (χ4n) is 1.95. The molecule has 108 valence electrons. The Morgan fingerprint density at radius 3 is 2.90 bits per heavy atom. The highest BCUT2D eigenvalue weighted by atomic mass is 79.9. The molecule has 1 aromatic carbocycles. The van der Waals surface area contributed by atoms with Gasteiger partial charge < -0.3 is 5.73 Å². The van der Waals surface area contributed by atoms with Crippen molar-refractivity contribution in [3.63, 3.8) is 0 Å². The molecule has 0 amide bonds. The predicted molar refractivity (Wildman–Crippen MR) is 92.0 cm³/mol. The average molecular weight is 419 g/mol. The van der Waals surface area contributed by atoms with Crippen LogP contribution in [0.15, 0.2) is 44.3 Å². The van der Waals surface area contributed by atoms with Gasteiger partial charge in [0.05, 0.1) is 22.4 Å². The van der Waals surface area contributed by atoms with E-state index in [9.17, 15) is 0 Å². The number of nitrogens with zero attached hydrogens (tertiary/aromatic N) is 2. The quantitative estimate of drug-likeness (QED) is 0.696. The summed E-state index contributed by atoms with van der Waals surface area (Å²) < 4.78 is 4.08. The maximum atomic E-state index is 6.33. The van der Waals surface area contributed by atoms with Gasteiger partial charge in [0.2, 0.25) is 0 Å². The molecule has 2 aromatic rings. The van der Waals surface area contributed by atoms with Crippen LogP contribution in [0.5, 0.6) is 0 Å². The number of hydrogen-bond acceptors (Lipinski definition) is 3. The largest absolute Gasteiger partial charge is 0.322 e. The number of hydrogen-bond donors (Lipinski definition) is 1. The molecule has 1 unspecified atom stereocenters. The molecule has 0 saturated heterocycles. The predicted octanol–water partition coefficient (Wildman–Crippen LogP) is 4.61. The maximum Gasteiger partial charge on any atom is 0.0702 e. The zero-order valence-corrected chi connectivity index (χ0v) is 15.2. The highest BCUT2D eigenvalue weighted by Gasteiger charge is 2.16. The Kier molecular flexibility index (Phi) is 6.14. The van der Waals surface area contributed by atoms with Crippen LogP contribution in [0.2, 0.25) is 0 Å². The Bertz CT molecular complexity index is 571. The Morgan fingerprint density at radius 2 is 2.20 bits per heavy atom. The van der Waals surface area contributed by atoms with Crippen LogP contribution in [0.4, 0.5) is 0 Å². The van der Waals surface area contributed by atoms with Crippen molar-refractivity contribution in [3.05, 3.63) is 45.1 Å². The van der Waals surface area contributed by atoms with E-state index in [1.54, 1.807) is 11.8 Å². The lowest BCUT2D eigenvalue weighted by atomic mass is 10.2. The molecule has 3 nitrogen and oxygen atoms in total. The van der Waals surface area contributed by atoms with Gasteiger partial charge in [-0.3, -0.25) is 4.68 Å². The van der Waals surface area contributed by atoms with Crippen LogP contribution in [-0.4, -0.2) is 15.5 Å². The first-order chi connectivity index (χ1) is 9.61. The molecule has 0 aliphatic heterocycles. The molecule has 20 heavy (non-hydrogen) atoms. The van der Waals surface area contributed by atoms with E-state index in [2.05, 4.69) is 56.0 Å². The second-order valence-corrected chi connectivity index (χ2v) is 7.34. The van der Waals surface area contributed by atoms with Crippen molar-refractivity contribution in [2.75, 3.05) is 5.75 Å². The molecular weight excluding hydrogens is 402 g/mol. The van der Waals surface area contributed by atoms with Crippen LogP contribution in [0.3, 0.4) is 0 Å². The highest BCUT2D eigenvalue weighted by Crippen LogP contribution is 2.29. The van der Waals surface area contributed by atoms with E-state index in [-0.39, 0.29) is 6.04 Å². The number of thioether (sulfide) groups is 1. The van der Waals surface area contributed by atoms with Crippen LogP contribution >= 0.6 is 43.6 Å². The van der Waals surface area contributed by atoms with Crippen molar-refractivity contribution in [2.45, 2.75) is 30.8 Å². The van der Waals surface area contributed by atoms with Gasteiger partial charge in [-0.25, -0.2) is 0 Å². The number of aryl methyl sites for hydroxylation is 1. The molecule has 0 aliphatic rings. The van der Waals surface area contributed by atoms with E-state index in [0.29, 0.717) is 0 Å². The SMILES string of the molecule is CCCn1ncc(Br)c1C(N)CSc1cccc(Br)c1. The van der Waals surface area contributed by atoms with E-state index in [1.165, 1.54) is 4.90 Å². The number of aromatic nitrogens is 2. The number of rotatable bonds is 6. The summed E-state index contributed by atoms with van der Waals surface area (Å²) in [7, 11) is 0. The van der Waals surface area contributed by atoms with Crippen LogP contribution in [0.25, 0.3) is 0 Å². The van der Waals surface area contributed by atoms with Crippen LogP contribution in [0.1, 0.15) is 25.1 Å². The molecule has 1 aromatic heterocycles. The summed E-state index contributed by atoms with van der Waals surface area (Å²) in [5, 5.41) is 4.37. The summed E-state index contributed by atoms with van der Waals surface area (Å²) >= 11 is 8.79. The fraction of sp³-hybridized carbons (Fsp3) is 0.357. The van der Waals surface area contributed by atoms with Gasteiger partial charge in [0.15, 0.2) is 0 Å². The van der Waals surface area contributed by atoms with Crippen molar-refractivity contribution >= 4 is 43.6 Å². The minimum Gasteiger partial charge on any atom is -0.322 e. The summed E-state index contributed by atoms with van der Waals surface area (Å²) in [5.74, 6) is 0.824. The molecule has 6 heteroatoms. The molecule has 2 rings (SSSR count). The van der Waals surface area contributed by atoms with Crippen molar-refractivity contribution in [2.24, 2.45) is 5.73 Å². The van der Waals surface area contributed by atoms with Gasteiger partial charge in [0.25, 0.3) is 0 Å². The van der Waals surface area contributed by atoms with E-state index >= 15 is 0 Å². The van der Waals surface area contributed by atoms with Gasteiger partial charge >= 0.3 is 0 Å². The Balaban J connectivity index is 2.05. The minimum atomic E-state index is -0.0394. The molecule has 0 fully saturated rings. The van der Waals surface area contributed by atoms with E-state index in [0.717, 1.165) is 33.4 Å². The molecule has 0 bridgehead atoms. The standard InChI is InChI=1S/C14H17Br2N3S/c1-2-6-19-14(12(16)8-18-19)13(17)9-20-11-5-3-4-10(15)7-11/h3-5,7-8,13H,2,6,9,17H2,1H3. The van der Waals surface area contributed by atoms with Gasteiger partial charge in [0.1, 0.15) is 0 Å². The monoisotopic (exact) mass is 417 g/mol. The number of benzene rings is 1. The lowest BCUT2D eigenvalue weighted by molar-refractivity contribution is 0.553. The summed E-state index contributed by atoms with van der Waals surface area (Å²) in [6.07, 6.45) is 2.88. The molecule has 0 saturated carbocycles. The van der Waals surface area contributed by atoms with Crippen molar-refractivity contribution < 1.29 is 0 Å². The molecule has 0 spiro atoms. The first-order valence-corrected chi connectivity index (χ1v) is 9.04. The molecule has 2 N–H and O–H groups in total. The number of halogens is 2. The third-order valence-corrected chi connectivity index (χ3v) is 5.06. The van der Waals surface area contributed by atoms with E-state index in [1.807, 2.05) is 23.0 Å². The van der Waals surface area contributed by atoms with E-state index < -0.39 is 0 Å². The van der Waals surface area contributed by atoms with Crippen molar-refractivity contribution in [1.82, 2.24) is 9.78 Å². The highest BCUT2D eigenvalue weighted by molar-refractivity contribution is 9.10. The Labute approximate surface area is 140 Å². The zero-order valence-electron chi connectivity index (χ0n) is 11.2. The maximum absolute atomic E-state index is 6.33. The molecule has 0 radical (unpaired) electrons. The summed E-state index contributed by atoms with van der Waals surface area (Å²) in [6.45, 7) is 3.04. The normalized spacial score (nSPS) is 12.6. The first-order valence-electron chi connectivity index (χ1n) is 6.47. The van der Waals surface area contributed by atoms with Crippen molar-refractivity contribution in [3.8, 4) is 0 Å². The van der Waals surface area contributed by atoms with Gasteiger partial charge in [-0.1, -0.05) is 28.9 Å². The second-order valence-electron chi connectivity index (χ2n) is 4.48. The molecule has 1 atom stereocenters. The smallest absolute Gasteiger partial charge is 0.0702 e. The lowest BCUT2D eigenvalue weighted by Crippen LogP contribution is -2.19. The van der Waals surface area contributed by atoms with Crippen LogP contribution in [0, 0.1) is 0 Å². The third kappa shape index (κ3) is 4.10. The topological polar surface area (TPSA) is 43.8 Å². The van der Waals surface area contributed by atoms with Crippen LogP contribution in [-0.2, 0) is 6.54 Å². The van der Waals surface area contributed by atoms with Crippen LogP contribution < -0.4 is 5.73 Å². The Morgan fingerprint density at radius 1 is 1.40 bits per heavy atom.